The fraction of sp³-hybridized carbons (Fsp3) is 0.400. The van der Waals surface area contributed by atoms with Gasteiger partial charge in [0.05, 0.1) is 0 Å². The van der Waals surface area contributed by atoms with E-state index in [2.05, 4.69) is 295 Å². The van der Waals surface area contributed by atoms with Crippen LogP contribution in [0, 0.1) is 64.2 Å². The number of pyridine rings is 3. The molecule has 6 saturated carbocycles. The summed E-state index contributed by atoms with van der Waals surface area (Å²) in [5, 5.41) is 8.19. The smallest absolute Gasteiger partial charge is 0.201 e. The van der Waals surface area contributed by atoms with Gasteiger partial charge in [0.1, 0.15) is 21.1 Å². The molecular formula is C105H120N3+3. The van der Waals surface area contributed by atoms with Crippen molar-refractivity contribution in [2.24, 2.45) is 43.8 Å². The van der Waals surface area contributed by atoms with Crippen molar-refractivity contribution >= 4 is 32.3 Å². The molecule has 6 aliphatic rings. The first kappa shape index (κ1) is 73.4. The summed E-state index contributed by atoms with van der Waals surface area (Å²) in [6.45, 7) is 13.3. The lowest BCUT2D eigenvalue weighted by atomic mass is 9.62. The van der Waals surface area contributed by atoms with Crippen LogP contribution in [-0.4, -0.2) is 0 Å². The molecule has 0 bridgehead atoms. The van der Waals surface area contributed by atoms with E-state index in [1.807, 2.05) is 0 Å². The Morgan fingerprint density at radius 1 is 0.241 bits per heavy atom. The van der Waals surface area contributed by atoms with Crippen molar-refractivity contribution in [3.05, 3.63) is 269 Å². The number of aromatic nitrogens is 3. The van der Waals surface area contributed by atoms with E-state index in [9.17, 15) is 0 Å². The number of benzene rings is 9. The zero-order valence-electron chi connectivity index (χ0n) is 66.9. The van der Waals surface area contributed by atoms with E-state index in [1.165, 1.54) is 300 Å². The first-order valence-electron chi connectivity index (χ1n) is 42.4. The summed E-state index contributed by atoms with van der Waals surface area (Å²) in [6.07, 6.45) is 44.5. The molecule has 2 spiro atoms. The van der Waals surface area contributed by atoms with Crippen LogP contribution in [0.4, 0.5) is 0 Å². The molecule has 6 fully saturated rings. The van der Waals surface area contributed by atoms with E-state index in [-0.39, 0.29) is 0 Å². The fourth-order valence-corrected chi connectivity index (χ4v) is 21.8. The highest BCUT2D eigenvalue weighted by Crippen LogP contribution is 2.54. The Kier molecular flexibility index (Phi) is 21.8. The minimum atomic E-state index is 0.696. The molecule has 9 aromatic carbocycles. The van der Waals surface area contributed by atoms with E-state index in [1.54, 1.807) is 16.7 Å². The van der Waals surface area contributed by atoms with Gasteiger partial charge in [-0.3, -0.25) is 0 Å². The van der Waals surface area contributed by atoms with Gasteiger partial charge in [0.2, 0.25) is 17.1 Å². The van der Waals surface area contributed by atoms with Crippen LogP contribution in [0.2, 0.25) is 0 Å². The SMILES string of the molecule is Cc1c[n+](C)c(-c2ccccc2C)cc1-c1ccc2cc(C3CCC(C4CCCCC4)CC3)ccc2c1.Cc1c[n+](C)c(-c2ccccc2C)cc1-c1ccc2cc(C3CCC4(CCCC4)CC3)ccc2c1.Cc1c[n+](C)c(-c2ccccc2C)cc1-c1ccc2cc(C3CCC4(CCCCC4)CC3)ccc2c1. The molecule has 0 N–H and O–H groups in total. The van der Waals surface area contributed by atoms with E-state index in [0.717, 1.165) is 29.6 Å². The molecule has 6 aliphatic carbocycles. The van der Waals surface area contributed by atoms with Crippen molar-refractivity contribution in [1.82, 2.24) is 0 Å². The molecule has 552 valence electrons. The number of fused-ring (bicyclic) bond motifs is 3. The molecule has 0 radical (unpaired) electrons. The molecule has 3 aromatic heterocycles. The third kappa shape index (κ3) is 15.7. The van der Waals surface area contributed by atoms with Gasteiger partial charge in [-0.05, 0) is 320 Å². The Morgan fingerprint density at radius 3 is 0.870 bits per heavy atom. The quantitative estimate of drug-likeness (QED) is 0.121. The average Bonchev–Trinajstić information content (AvgIpc) is 1.01. The first-order chi connectivity index (χ1) is 52.6. The normalized spacial score (nSPS) is 19.5. The van der Waals surface area contributed by atoms with Crippen molar-refractivity contribution < 1.29 is 13.7 Å². The lowest BCUT2D eigenvalue weighted by Gasteiger charge is -2.43. The Morgan fingerprint density at radius 2 is 0.528 bits per heavy atom. The minimum absolute atomic E-state index is 0.696. The van der Waals surface area contributed by atoms with Crippen LogP contribution in [0.5, 0.6) is 0 Å². The molecule has 0 aliphatic heterocycles. The number of rotatable bonds is 10. The Labute approximate surface area is 648 Å². The lowest BCUT2D eigenvalue weighted by molar-refractivity contribution is -0.660. The van der Waals surface area contributed by atoms with Crippen molar-refractivity contribution in [1.29, 1.82) is 0 Å². The molecule has 0 saturated heterocycles. The molecule has 0 atom stereocenters. The minimum Gasteiger partial charge on any atom is -0.201 e. The van der Waals surface area contributed by atoms with Crippen LogP contribution in [0.25, 0.3) is 99.5 Å². The summed E-state index contributed by atoms with van der Waals surface area (Å²) in [5.41, 5.74) is 29.5. The molecule has 18 rings (SSSR count). The summed E-state index contributed by atoms with van der Waals surface area (Å²) >= 11 is 0. The van der Waals surface area contributed by atoms with Crippen molar-refractivity contribution in [2.45, 2.75) is 226 Å². The van der Waals surface area contributed by atoms with Gasteiger partial charge in [-0.1, -0.05) is 210 Å². The number of hydrogen-bond acceptors (Lipinski definition) is 0. The highest BCUT2D eigenvalue weighted by atomic mass is 14.9. The van der Waals surface area contributed by atoms with E-state index in [0.29, 0.717) is 10.8 Å². The van der Waals surface area contributed by atoms with E-state index >= 15 is 0 Å². The topological polar surface area (TPSA) is 11.6 Å². The summed E-state index contributed by atoms with van der Waals surface area (Å²) in [6, 6.07) is 76.2. The Bertz CT molecular complexity index is 5210. The standard InChI is InChI=1S/C36H42N.C35H40N.C34H38N/c1-25-9-7-8-12-34(25)36-23-35(26(2)24-37(36)3)33-20-19-31-21-30(17-18-32(31)22-33)29-15-13-28(14-16-29)27-10-5-4-6-11-27;1-25-9-5-6-10-32(25)34-23-33(26(2)24-36(34)3)31-14-13-29-21-28(11-12-30(29)22-31)27-15-19-35(20-16-27)17-7-4-8-18-35;1-24-8-4-5-9-31(24)33-22-32(25(2)23-35(33)3)30-13-12-28-20-27(10-11-29(28)21-30)26-14-18-34(19-15-26)16-6-7-17-34/h7-9,12,17-24,27-29H,4-6,10-11,13-16H2,1-3H3;5-6,9-14,21-24,27H,4,7-8,15-20H2,1-3H3;4-5,8-13,20-23,26H,6-7,14-19H2,1-3H3/q3*+1. The third-order valence-corrected chi connectivity index (χ3v) is 28.4. The summed E-state index contributed by atoms with van der Waals surface area (Å²) in [4.78, 5) is 0. The maximum atomic E-state index is 2.49. The largest absolute Gasteiger partial charge is 0.213 e. The van der Waals surface area contributed by atoms with Gasteiger partial charge in [-0.25, -0.2) is 13.7 Å². The molecule has 3 heterocycles. The monoisotopic (exact) mass is 1420 g/mol. The second kappa shape index (κ2) is 32.0. The van der Waals surface area contributed by atoms with Gasteiger partial charge in [0.25, 0.3) is 0 Å². The zero-order chi connectivity index (χ0) is 74.0. The van der Waals surface area contributed by atoms with Gasteiger partial charge in [-0.15, -0.1) is 0 Å². The second-order valence-corrected chi connectivity index (χ2v) is 35.3. The number of nitrogens with zero attached hydrogens (tertiary/aromatic N) is 3. The Balaban J connectivity index is 0.000000124. The predicted molar refractivity (Wildman–Crippen MR) is 457 cm³/mol. The van der Waals surface area contributed by atoms with Crippen LogP contribution in [-0.2, 0) is 21.1 Å². The maximum absolute atomic E-state index is 2.49. The number of aryl methyl sites for hydroxylation is 9. The highest BCUT2D eigenvalue weighted by molar-refractivity contribution is 5.91. The molecule has 3 nitrogen and oxygen atoms in total. The van der Waals surface area contributed by atoms with E-state index < -0.39 is 0 Å². The van der Waals surface area contributed by atoms with Gasteiger partial charge >= 0.3 is 0 Å². The molecule has 0 amide bonds. The van der Waals surface area contributed by atoms with Crippen LogP contribution in [0.1, 0.15) is 235 Å². The average molecular weight is 1420 g/mol. The van der Waals surface area contributed by atoms with Crippen LogP contribution < -0.4 is 13.7 Å². The van der Waals surface area contributed by atoms with Crippen LogP contribution >= 0.6 is 0 Å². The summed E-state index contributed by atoms with van der Waals surface area (Å²) in [5.74, 6) is 4.27. The third-order valence-electron chi connectivity index (χ3n) is 28.4. The molecular weight excluding hydrogens is 1300 g/mol. The highest BCUT2D eigenvalue weighted by Gasteiger charge is 2.39. The number of hydrogen-bond donors (Lipinski definition) is 0. The molecule has 0 unspecified atom stereocenters. The lowest BCUT2D eigenvalue weighted by Crippen LogP contribution is -2.31. The van der Waals surface area contributed by atoms with E-state index in [4.69, 9.17) is 0 Å². The summed E-state index contributed by atoms with van der Waals surface area (Å²) in [7, 11) is 6.46. The fourth-order valence-electron chi connectivity index (χ4n) is 21.8. The van der Waals surface area contributed by atoms with Gasteiger partial charge in [0.15, 0.2) is 18.6 Å². The molecule has 3 heteroatoms. The van der Waals surface area contributed by atoms with Crippen molar-refractivity contribution in [2.75, 3.05) is 0 Å². The van der Waals surface area contributed by atoms with Gasteiger partial charge in [-0.2, -0.15) is 0 Å². The zero-order valence-corrected chi connectivity index (χ0v) is 66.9. The van der Waals surface area contributed by atoms with Gasteiger partial charge < -0.3 is 0 Å². The molecule has 108 heavy (non-hydrogen) atoms. The van der Waals surface area contributed by atoms with Crippen LogP contribution in [0.15, 0.2) is 219 Å². The summed E-state index contributed by atoms with van der Waals surface area (Å²) < 4.78 is 6.78. The van der Waals surface area contributed by atoms with Crippen molar-refractivity contribution in [3.8, 4) is 67.2 Å². The second-order valence-electron chi connectivity index (χ2n) is 35.3. The van der Waals surface area contributed by atoms with Crippen LogP contribution in [0.3, 0.4) is 0 Å². The first-order valence-corrected chi connectivity index (χ1v) is 42.4. The predicted octanol–water partition coefficient (Wildman–Crippen LogP) is 27.5. The Hall–Kier alpha value is -8.79. The molecule has 12 aromatic rings. The van der Waals surface area contributed by atoms with Crippen molar-refractivity contribution in [3.63, 3.8) is 0 Å². The maximum Gasteiger partial charge on any atom is 0.213 e. The van der Waals surface area contributed by atoms with Gasteiger partial charge in [0, 0.05) is 51.6 Å².